The smallest absolute Gasteiger partial charge is 0.259 e. The van der Waals surface area contributed by atoms with Crippen molar-refractivity contribution >= 4 is 51.9 Å². The van der Waals surface area contributed by atoms with E-state index in [1.54, 1.807) is 43.5 Å². The lowest BCUT2D eigenvalue weighted by atomic mass is 10.1. The Morgan fingerprint density at radius 3 is 2.77 bits per heavy atom. The zero-order valence-corrected chi connectivity index (χ0v) is 22.2. The van der Waals surface area contributed by atoms with Crippen LogP contribution in [0, 0.1) is 0 Å². The summed E-state index contributed by atoms with van der Waals surface area (Å²) in [6, 6.07) is 17.1. The highest BCUT2D eigenvalue weighted by Gasteiger charge is 2.43. The van der Waals surface area contributed by atoms with Gasteiger partial charge in [0.1, 0.15) is 23.4 Å². The number of nitrogens with zero attached hydrogens (tertiary/aromatic N) is 3. The summed E-state index contributed by atoms with van der Waals surface area (Å²) in [6.45, 7) is 2.12. The second kappa shape index (κ2) is 11.6. The Morgan fingerprint density at radius 2 is 2.00 bits per heavy atom. The van der Waals surface area contributed by atoms with Crippen LogP contribution in [0.4, 0.5) is 11.4 Å². The highest BCUT2D eigenvalue weighted by atomic mass is 32.2. The number of hydrogen-bond acceptors (Lipinski definition) is 8. The highest BCUT2D eigenvalue weighted by molar-refractivity contribution is 8.15. The first-order valence-corrected chi connectivity index (χ1v) is 13.3. The van der Waals surface area contributed by atoms with Gasteiger partial charge in [-0.15, -0.1) is 0 Å². The van der Waals surface area contributed by atoms with Crippen LogP contribution in [0.2, 0.25) is 0 Å². The number of para-hydroxylation sites is 1. The molecule has 39 heavy (non-hydrogen) atoms. The number of benzene rings is 2. The maximum Gasteiger partial charge on any atom is 0.259 e. The van der Waals surface area contributed by atoms with Gasteiger partial charge in [0.05, 0.1) is 37.3 Å². The number of furan rings is 1. The fourth-order valence-electron chi connectivity index (χ4n) is 4.23. The molecule has 2 aliphatic rings. The van der Waals surface area contributed by atoms with Gasteiger partial charge < -0.3 is 19.8 Å². The van der Waals surface area contributed by atoms with Gasteiger partial charge in [-0.1, -0.05) is 36.9 Å². The largest absolute Gasteiger partial charge is 0.497 e. The van der Waals surface area contributed by atoms with Crippen LogP contribution in [0.3, 0.4) is 0 Å². The van der Waals surface area contributed by atoms with Crippen molar-refractivity contribution in [3.8, 4) is 5.75 Å². The Hall–Kier alpha value is -4.38. The number of rotatable bonds is 9. The standard InChI is InChI=1S/C28H27N5O5S/c1-3-23(26(35)30-17-8-6-9-18(14-17)37-2)39-28-32-21-12-5-4-11-20(21)25-31-22(27(36)33(25)28)15-24(34)29-16-19-10-7-13-38-19/h4-14,22-23H,3,15-16H2,1-2H3,(H,29,34)(H,30,35). The molecule has 0 saturated carbocycles. The molecule has 5 rings (SSSR count). The Kier molecular flexibility index (Phi) is 7.78. The van der Waals surface area contributed by atoms with Crippen LogP contribution in [0.5, 0.6) is 5.75 Å². The molecule has 3 aromatic rings. The number of nitrogens with one attached hydrogen (secondary N) is 2. The number of amides is 3. The summed E-state index contributed by atoms with van der Waals surface area (Å²) in [7, 11) is 1.56. The van der Waals surface area contributed by atoms with Crippen LogP contribution in [-0.4, -0.2) is 52.0 Å². The Labute approximate surface area is 229 Å². The summed E-state index contributed by atoms with van der Waals surface area (Å²) in [5.74, 6) is 0.766. The average molecular weight is 546 g/mol. The molecule has 10 nitrogen and oxygen atoms in total. The van der Waals surface area contributed by atoms with E-state index in [2.05, 4.69) is 15.6 Å². The molecule has 0 aliphatic carbocycles. The van der Waals surface area contributed by atoms with Crippen molar-refractivity contribution in [2.45, 2.75) is 37.6 Å². The number of thioether (sulfide) groups is 1. The lowest BCUT2D eigenvalue weighted by molar-refractivity contribution is -0.128. The minimum absolute atomic E-state index is 0.118. The van der Waals surface area contributed by atoms with E-state index in [4.69, 9.17) is 14.1 Å². The molecule has 0 fully saturated rings. The number of methoxy groups -OCH3 is 1. The Bertz CT molecular complexity index is 1450. The number of fused-ring (bicyclic) bond motifs is 3. The van der Waals surface area contributed by atoms with Crippen molar-refractivity contribution in [2.75, 3.05) is 12.4 Å². The number of aliphatic imine (C=N–C) groups is 2. The fourth-order valence-corrected chi connectivity index (χ4v) is 5.25. The van der Waals surface area contributed by atoms with Gasteiger partial charge in [0.2, 0.25) is 11.8 Å². The third kappa shape index (κ3) is 5.73. The van der Waals surface area contributed by atoms with Crippen LogP contribution < -0.4 is 15.4 Å². The number of amidine groups is 2. The van der Waals surface area contributed by atoms with Crippen molar-refractivity contribution < 1.29 is 23.5 Å². The van der Waals surface area contributed by atoms with Crippen LogP contribution in [0.1, 0.15) is 31.1 Å². The monoisotopic (exact) mass is 545 g/mol. The van der Waals surface area contributed by atoms with E-state index in [1.165, 1.54) is 22.9 Å². The van der Waals surface area contributed by atoms with Gasteiger partial charge in [-0.2, -0.15) is 0 Å². The van der Waals surface area contributed by atoms with Crippen LogP contribution in [0.25, 0.3) is 0 Å². The second-order valence-electron chi connectivity index (χ2n) is 8.85. The summed E-state index contributed by atoms with van der Waals surface area (Å²) in [4.78, 5) is 50.1. The van der Waals surface area contributed by atoms with Gasteiger partial charge in [0.15, 0.2) is 5.17 Å². The van der Waals surface area contributed by atoms with Gasteiger partial charge in [-0.05, 0) is 42.8 Å². The van der Waals surface area contributed by atoms with Crippen molar-refractivity contribution in [2.24, 2.45) is 9.98 Å². The van der Waals surface area contributed by atoms with E-state index < -0.39 is 11.3 Å². The minimum Gasteiger partial charge on any atom is -0.497 e. The van der Waals surface area contributed by atoms with E-state index in [1.807, 2.05) is 31.2 Å². The number of anilines is 1. The van der Waals surface area contributed by atoms with Crippen LogP contribution in [-0.2, 0) is 20.9 Å². The van der Waals surface area contributed by atoms with E-state index in [9.17, 15) is 14.4 Å². The fraction of sp³-hybridized carbons (Fsp3) is 0.250. The predicted molar refractivity (Wildman–Crippen MR) is 149 cm³/mol. The quantitative estimate of drug-likeness (QED) is 0.417. The van der Waals surface area contributed by atoms with Crippen molar-refractivity contribution in [3.63, 3.8) is 0 Å². The maximum atomic E-state index is 13.5. The van der Waals surface area contributed by atoms with E-state index >= 15 is 0 Å². The molecule has 3 amide bonds. The summed E-state index contributed by atoms with van der Waals surface area (Å²) < 4.78 is 10.5. The topological polar surface area (TPSA) is 126 Å². The molecule has 0 spiro atoms. The van der Waals surface area contributed by atoms with Crippen LogP contribution in [0.15, 0.2) is 81.3 Å². The number of ether oxygens (including phenoxy) is 1. The summed E-state index contributed by atoms with van der Waals surface area (Å²) >= 11 is 1.19. The third-order valence-corrected chi connectivity index (χ3v) is 7.53. The number of carbonyl (C=O) groups excluding carboxylic acids is 3. The predicted octanol–water partition coefficient (Wildman–Crippen LogP) is 4.10. The lowest BCUT2D eigenvalue weighted by Crippen LogP contribution is -2.43. The second-order valence-corrected chi connectivity index (χ2v) is 10.0. The van der Waals surface area contributed by atoms with E-state index in [0.29, 0.717) is 45.9 Å². The molecule has 200 valence electrons. The number of hydrogen-bond donors (Lipinski definition) is 2. The molecule has 1 aromatic heterocycles. The Morgan fingerprint density at radius 1 is 1.15 bits per heavy atom. The first-order chi connectivity index (χ1) is 19.0. The first-order valence-electron chi connectivity index (χ1n) is 12.5. The summed E-state index contributed by atoms with van der Waals surface area (Å²) in [5.41, 5.74) is 1.95. The summed E-state index contributed by atoms with van der Waals surface area (Å²) in [5, 5.41) is 5.49. The van der Waals surface area contributed by atoms with E-state index in [0.717, 1.165) is 0 Å². The third-order valence-electron chi connectivity index (χ3n) is 6.21. The van der Waals surface area contributed by atoms with Gasteiger partial charge in [0.25, 0.3) is 5.91 Å². The molecule has 0 saturated heterocycles. The SMILES string of the molecule is CCC(SC1=Nc2ccccc2C2=NC(CC(=O)NCc3ccco3)C(=O)N12)C(=O)Nc1cccc(OC)c1. The van der Waals surface area contributed by atoms with Gasteiger partial charge >= 0.3 is 0 Å². The molecule has 3 heterocycles. The lowest BCUT2D eigenvalue weighted by Gasteiger charge is -2.27. The molecular weight excluding hydrogens is 518 g/mol. The first kappa shape index (κ1) is 26.2. The van der Waals surface area contributed by atoms with Crippen molar-refractivity contribution in [3.05, 3.63) is 78.3 Å². The van der Waals surface area contributed by atoms with E-state index in [-0.39, 0.29) is 30.7 Å². The maximum absolute atomic E-state index is 13.5. The molecule has 2 unspecified atom stereocenters. The zero-order valence-electron chi connectivity index (χ0n) is 21.4. The number of carbonyl (C=O) groups is 3. The Balaban J connectivity index is 1.34. The molecule has 2 N–H and O–H groups in total. The van der Waals surface area contributed by atoms with Crippen molar-refractivity contribution in [1.29, 1.82) is 0 Å². The van der Waals surface area contributed by atoms with Gasteiger partial charge in [-0.25, -0.2) is 9.89 Å². The van der Waals surface area contributed by atoms with Gasteiger partial charge in [-0.3, -0.25) is 19.4 Å². The minimum atomic E-state index is -0.903. The van der Waals surface area contributed by atoms with Crippen LogP contribution >= 0.6 is 11.8 Å². The molecule has 2 atom stereocenters. The molecular formula is C28H27N5O5S. The molecule has 0 radical (unpaired) electrons. The molecule has 2 aliphatic heterocycles. The zero-order chi connectivity index (χ0) is 27.4. The molecule has 0 bridgehead atoms. The normalized spacial score (nSPS) is 16.5. The van der Waals surface area contributed by atoms with Crippen molar-refractivity contribution in [1.82, 2.24) is 10.2 Å². The average Bonchev–Trinajstić information content (AvgIpc) is 3.59. The molecule has 2 aromatic carbocycles. The highest BCUT2D eigenvalue weighted by Crippen LogP contribution is 2.36. The molecule has 11 heteroatoms. The summed E-state index contributed by atoms with van der Waals surface area (Å²) in [6.07, 6.45) is 1.91. The van der Waals surface area contributed by atoms with Gasteiger partial charge in [0, 0.05) is 17.3 Å².